The lowest BCUT2D eigenvalue weighted by Crippen LogP contribution is -2.17. The summed E-state index contributed by atoms with van der Waals surface area (Å²) in [6, 6.07) is 18.6. The Morgan fingerprint density at radius 1 is 1.00 bits per heavy atom. The highest BCUT2D eigenvalue weighted by atomic mass is 32.2. The molecule has 0 unspecified atom stereocenters. The molecule has 9 heteroatoms. The molecule has 1 heterocycles. The fourth-order valence-corrected chi connectivity index (χ4v) is 4.44. The van der Waals surface area contributed by atoms with Gasteiger partial charge in [0, 0.05) is 23.6 Å². The van der Waals surface area contributed by atoms with Crippen molar-refractivity contribution in [3.05, 3.63) is 102 Å². The van der Waals surface area contributed by atoms with Crippen LogP contribution in [0.3, 0.4) is 0 Å². The molecule has 3 aromatic carbocycles. The molecule has 7 nitrogen and oxygen atoms in total. The molecule has 4 rings (SSSR count). The molecule has 0 radical (unpaired) electrons. The molecule has 0 fully saturated rings. The highest BCUT2D eigenvalue weighted by Crippen LogP contribution is 2.24. The van der Waals surface area contributed by atoms with E-state index in [1.807, 2.05) is 0 Å². The van der Waals surface area contributed by atoms with Crippen LogP contribution in [0.25, 0.3) is 5.69 Å². The van der Waals surface area contributed by atoms with Crippen molar-refractivity contribution in [2.75, 3.05) is 10.0 Å². The normalized spacial score (nSPS) is 11.2. The zero-order valence-electron chi connectivity index (χ0n) is 17.0. The quantitative estimate of drug-likeness (QED) is 0.456. The standard InChI is InChI=1S/C23H19FN4O3S/c1-16-7-10-18(15-22(16)32(30,31)27-21-6-3-2-5-20(21)24)26-23(29)17-8-11-19(12-9-17)28-14-4-13-25-28/h2-15,27H,1H3,(H,26,29). The summed E-state index contributed by atoms with van der Waals surface area (Å²) >= 11 is 0. The molecule has 162 valence electrons. The third-order valence-corrected chi connectivity index (χ3v) is 6.26. The monoisotopic (exact) mass is 450 g/mol. The number of rotatable bonds is 6. The minimum Gasteiger partial charge on any atom is -0.322 e. The van der Waals surface area contributed by atoms with Gasteiger partial charge in [0.2, 0.25) is 0 Å². The minimum atomic E-state index is -4.07. The van der Waals surface area contributed by atoms with E-state index in [0.717, 1.165) is 5.69 Å². The van der Waals surface area contributed by atoms with Crippen LogP contribution in [0.4, 0.5) is 15.8 Å². The summed E-state index contributed by atoms with van der Waals surface area (Å²) in [4.78, 5) is 12.6. The molecule has 2 N–H and O–H groups in total. The van der Waals surface area contributed by atoms with Crippen LogP contribution in [0.5, 0.6) is 0 Å². The van der Waals surface area contributed by atoms with Gasteiger partial charge >= 0.3 is 0 Å². The van der Waals surface area contributed by atoms with E-state index in [2.05, 4.69) is 15.1 Å². The summed E-state index contributed by atoms with van der Waals surface area (Å²) in [6.07, 6.45) is 3.45. The zero-order chi connectivity index (χ0) is 22.7. The highest BCUT2D eigenvalue weighted by Gasteiger charge is 2.20. The van der Waals surface area contributed by atoms with Gasteiger partial charge in [0.15, 0.2) is 0 Å². The van der Waals surface area contributed by atoms with E-state index in [1.54, 1.807) is 66.5 Å². The first kappa shape index (κ1) is 21.3. The van der Waals surface area contributed by atoms with Crippen LogP contribution in [0, 0.1) is 12.7 Å². The summed E-state index contributed by atoms with van der Waals surface area (Å²) in [6.45, 7) is 1.62. The molecule has 1 aromatic heterocycles. The Hall–Kier alpha value is -3.98. The third kappa shape index (κ3) is 4.52. The number of aryl methyl sites for hydroxylation is 1. The van der Waals surface area contributed by atoms with Gasteiger partial charge in [-0.15, -0.1) is 0 Å². The maximum Gasteiger partial charge on any atom is 0.262 e. The van der Waals surface area contributed by atoms with E-state index >= 15 is 0 Å². The predicted molar refractivity (Wildman–Crippen MR) is 120 cm³/mol. The van der Waals surface area contributed by atoms with Crippen LogP contribution in [-0.4, -0.2) is 24.1 Å². The van der Waals surface area contributed by atoms with Crippen LogP contribution in [0.2, 0.25) is 0 Å². The second-order valence-corrected chi connectivity index (χ2v) is 8.67. The van der Waals surface area contributed by atoms with Crippen LogP contribution in [-0.2, 0) is 10.0 Å². The molecule has 0 aliphatic heterocycles. The number of hydrogen-bond donors (Lipinski definition) is 2. The summed E-state index contributed by atoms with van der Waals surface area (Å²) in [5.74, 6) is -1.08. The number of carbonyl (C=O) groups is 1. The number of nitrogens with zero attached hydrogens (tertiary/aromatic N) is 2. The van der Waals surface area contributed by atoms with Gasteiger partial charge in [0.1, 0.15) is 5.82 Å². The number of anilines is 2. The molecule has 0 aliphatic rings. The average Bonchev–Trinajstić information content (AvgIpc) is 3.31. The van der Waals surface area contributed by atoms with Gasteiger partial charge in [-0.05, 0) is 67.1 Å². The molecule has 1 amide bonds. The topological polar surface area (TPSA) is 93.1 Å². The van der Waals surface area contributed by atoms with Gasteiger partial charge in [-0.2, -0.15) is 5.10 Å². The fourth-order valence-electron chi connectivity index (χ4n) is 3.10. The minimum absolute atomic E-state index is 0.0624. The molecule has 32 heavy (non-hydrogen) atoms. The van der Waals surface area contributed by atoms with Gasteiger partial charge < -0.3 is 5.32 Å². The van der Waals surface area contributed by atoms with Gasteiger partial charge in [0.05, 0.1) is 16.3 Å². The van der Waals surface area contributed by atoms with Gasteiger partial charge in [-0.3, -0.25) is 9.52 Å². The van der Waals surface area contributed by atoms with E-state index in [4.69, 9.17) is 0 Å². The maximum atomic E-state index is 13.9. The van der Waals surface area contributed by atoms with Crippen LogP contribution in [0.15, 0.2) is 90.1 Å². The Bertz CT molecular complexity index is 1370. The molecular weight excluding hydrogens is 431 g/mol. The molecule has 0 bridgehead atoms. The van der Waals surface area contributed by atoms with Crippen molar-refractivity contribution < 1.29 is 17.6 Å². The largest absolute Gasteiger partial charge is 0.322 e. The molecule has 0 saturated heterocycles. The number of amides is 1. The van der Waals surface area contributed by atoms with Crippen LogP contribution in [0.1, 0.15) is 15.9 Å². The molecule has 0 aliphatic carbocycles. The maximum absolute atomic E-state index is 13.9. The van der Waals surface area contributed by atoms with E-state index in [0.29, 0.717) is 16.8 Å². The molecule has 0 spiro atoms. The smallest absolute Gasteiger partial charge is 0.262 e. The van der Waals surface area contributed by atoms with Crippen molar-refractivity contribution in [3.8, 4) is 5.69 Å². The van der Waals surface area contributed by atoms with E-state index in [1.165, 1.54) is 30.3 Å². The number of halogens is 1. The zero-order valence-corrected chi connectivity index (χ0v) is 17.8. The van der Waals surface area contributed by atoms with E-state index < -0.39 is 21.7 Å². The first-order valence-corrected chi connectivity index (χ1v) is 11.1. The Balaban J connectivity index is 1.54. The van der Waals surface area contributed by atoms with Gasteiger partial charge in [-0.25, -0.2) is 17.5 Å². The van der Waals surface area contributed by atoms with Crippen molar-refractivity contribution in [1.29, 1.82) is 0 Å². The van der Waals surface area contributed by atoms with Gasteiger partial charge in [0.25, 0.3) is 15.9 Å². The Morgan fingerprint density at radius 2 is 1.75 bits per heavy atom. The average molecular weight is 450 g/mol. The van der Waals surface area contributed by atoms with Crippen LogP contribution < -0.4 is 10.0 Å². The predicted octanol–water partition coefficient (Wildman–Crippen LogP) is 4.37. The number of aromatic nitrogens is 2. The number of hydrogen-bond acceptors (Lipinski definition) is 4. The van der Waals surface area contributed by atoms with Gasteiger partial charge in [-0.1, -0.05) is 18.2 Å². The summed E-state index contributed by atoms with van der Waals surface area (Å²) in [5, 5.41) is 6.83. The molecular formula is C23H19FN4O3S. The third-order valence-electron chi connectivity index (χ3n) is 4.75. The summed E-state index contributed by atoms with van der Waals surface area (Å²) in [7, 11) is -4.07. The lowest BCUT2D eigenvalue weighted by Gasteiger charge is -2.13. The number of sulfonamides is 1. The molecule has 4 aromatic rings. The Labute approximate surface area is 184 Å². The molecule has 0 saturated carbocycles. The lowest BCUT2D eigenvalue weighted by atomic mass is 10.1. The van der Waals surface area contributed by atoms with Crippen molar-refractivity contribution in [2.45, 2.75) is 11.8 Å². The second-order valence-electron chi connectivity index (χ2n) is 7.02. The second kappa shape index (κ2) is 8.64. The fraction of sp³-hybridized carbons (Fsp3) is 0.0435. The van der Waals surface area contributed by atoms with Crippen molar-refractivity contribution in [2.24, 2.45) is 0 Å². The lowest BCUT2D eigenvalue weighted by molar-refractivity contribution is 0.102. The first-order valence-electron chi connectivity index (χ1n) is 9.63. The summed E-state index contributed by atoms with van der Waals surface area (Å²) < 4.78 is 43.5. The Kier molecular flexibility index (Phi) is 5.74. The number of carbonyl (C=O) groups excluding carboxylic acids is 1. The van der Waals surface area contributed by atoms with E-state index in [9.17, 15) is 17.6 Å². The van der Waals surface area contributed by atoms with Crippen LogP contribution >= 0.6 is 0 Å². The molecule has 0 atom stereocenters. The number of nitrogens with one attached hydrogen (secondary N) is 2. The van der Waals surface area contributed by atoms with E-state index in [-0.39, 0.29) is 10.6 Å². The number of para-hydroxylation sites is 1. The van der Waals surface area contributed by atoms with Crippen molar-refractivity contribution in [3.63, 3.8) is 0 Å². The van der Waals surface area contributed by atoms with Crippen molar-refractivity contribution in [1.82, 2.24) is 9.78 Å². The number of benzene rings is 3. The first-order chi connectivity index (χ1) is 15.3. The highest BCUT2D eigenvalue weighted by molar-refractivity contribution is 7.92. The SMILES string of the molecule is Cc1ccc(NC(=O)c2ccc(-n3cccn3)cc2)cc1S(=O)(=O)Nc1ccccc1F. The Morgan fingerprint density at radius 3 is 2.44 bits per heavy atom. The van der Waals surface area contributed by atoms with Crippen molar-refractivity contribution >= 4 is 27.3 Å². The summed E-state index contributed by atoms with van der Waals surface area (Å²) in [5.41, 5.74) is 1.80.